The molecule has 0 amide bonds. The Balaban J connectivity index is 2.03. The molecule has 1 aliphatic rings. The highest BCUT2D eigenvalue weighted by molar-refractivity contribution is 9.10. The minimum Gasteiger partial charge on any atom is -0.477 e. The first kappa shape index (κ1) is 13.6. The fraction of sp³-hybridized carbons (Fsp3) is 0.545. The molecule has 1 heterocycles. The van der Waals surface area contributed by atoms with Gasteiger partial charge in [0.25, 0.3) is 0 Å². The van der Waals surface area contributed by atoms with E-state index >= 15 is 0 Å². The molecule has 0 spiro atoms. The number of hydrogen-bond donors (Lipinski definition) is 1. The highest BCUT2D eigenvalue weighted by atomic mass is 79.9. The van der Waals surface area contributed by atoms with Crippen molar-refractivity contribution in [2.75, 3.05) is 17.1 Å². The van der Waals surface area contributed by atoms with Crippen molar-refractivity contribution in [3.63, 3.8) is 0 Å². The summed E-state index contributed by atoms with van der Waals surface area (Å²) in [7, 11) is -3.27. The number of ether oxygens (including phenoxy) is 1. The molecule has 0 atom stereocenters. The van der Waals surface area contributed by atoms with Crippen molar-refractivity contribution in [3.8, 4) is 5.88 Å². The van der Waals surface area contributed by atoms with E-state index < -0.39 is 10.0 Å². The van der Waals surface area contributed by atoms with Crippen LogP contribution in [0.3, 0.4) is 0 Å². The monoisotopic (exact) mass is 334 g/mol. The first-order chi connectivity index (χ1) is 8.50. The second kappa shape index (κ2) is 5.44. The Bertz CT molecular complexity index is 529. The van der Waals surface area contributed by atoms with Gasteiger partial charge >= 0.3 is 0 Å². The maximum absolute atomic E-state index is 11.4. The van der Waals surface area contributed by atoms with Crippen molar-refractivity contribution in [2.45, 2.75) is 19.8 Å². The molecule has 0 saturated heterocycles. The summed E-state index contributed by atoms with van der Waals surface area (Å²) in [6, 6.07) is 1.66. The zero-order valence-corrected chi connectivity index (χ0v) is 12.4. The summed E-state index contributed by atoms with van der Waals surface area (Å²) in [6.07, 6.45) is 3.89. The molecule has 1 aromatic heterocycles. The smallest absolute Gasteiger partial charge is 0.232 e. The molecular formula is C11H15BrN2O3S. The van der Waals surface area contributed by atoms with Gasteiger partial charge in [0.05, 0.1) is 28.7 Å². The number of nitrogens with zero attached hydrogens (tertiary/aromatic N) is 1. The second-order valence-electron chi connectivity index (χ2n) is 4.27. The summed E-state index contributed by atoms with van der Waals surface area (Å²) in [4.78, 5) is 4.10. The Morgan fingerprint density at radius 3 is 2.83 bits per heavy atom. The topological polar surface area (TPSA) is 68.3 Å². The number of sulfonamides is 1. The molecule has 18 heavy (non-hydrogen) atoms. The van der Waals surface area contributed by atoms with Gasteiger partial charge in [0.2, 0.25) is 15.9 Å². The molecule has 0 bridgehead atoms. The molecule has 1 fully saturated rings. The largest absolute Gasteiger partial charge is 0.477 e. The number of aromatic nitrogens is 1. The fourth-order valence-corrected chi connectivity index (χ4v) is 2.40. The molecule has 1 N–H and O–H groups in total. The molecule has 1 aromatic rings. The van der Waals surface area contributed by atoms with Crippen molar-refractivity contribution < 1.29 is 13.2 Å². The number of anilines is 1. The van der Waals surface area contributed by atoms with Crippen LogP contribution < -0.4 is 9.46 Å². The zero-order valence-electron chi connectivity index (χ0n) is 10.0. The van der Waals surface area contributed by atoms with Crippen molar-refractivity contribution in [1.82, 2.24) is 4.98 Å². The average Bonchev–Trinajstić information content (AvgIpc) is 3.11. The lowest BCUT2D eigenvalue weighted by molar-refractivity contribution is 0.286. The van der Waals surface area contributed by atoms with E-state index in [0.29, 0.717) is 28.6 Å². The number of rotatable bonds is 6. The molecule has 100 valence electrons. The molecule has 0 radical (unpaired) electrons. The number of nitrogens with one attached hydrogen (secondary N) is 1. The SMILES string of the molecule is CCS(=O)(=O)Nc1cnc(OCC2CC2)c(Br)c1. The standard InChI is InChI=1S/C11H15BrN2O3S/c1-2-18(15,16)14-9-5-10(12)11(13-6-9)17-7-8-3-4-8/h5-6,8,14H,2-4,7H2,1H3. The lowest BCUT2D eigenvalue weighted by Gasteiger charge is -2.09. The first-order valence-electron chi connectivity index (χ1n) is 5.79. The van der Waals surface area contributed by atoms with Crippen molar-refractivity contribution >= 4 is 31.6 Å². The lowest BCUT2D eigenvalue weighted by Crippen LogP contribution is -2.14. The quantitative estimate of drug-likeness (QED) is 0.867. The molecule has 2 rings (SSSR count). The third-order valence-electron chi connectivity index (χ3n) is 2.61. The van der Waals surface area contributed by atoms with Crippen molar-refractivity contribution in [3.05, 3.63) is 16.7 Å². The molecule has 1 aliphatic carbocycles. The molecule has 0 aliphatic heterocycles. The van der Waals surface area contributed by atoms with Gasteiger partial charge in [-0.1, -0.05) is 0 Å². The third-order valence-corrected chi connectivity index (χ3v) is 4.49. The number of hydrogen-bond acceptors (Lipinski definition) is 4. The van der Waals surface area contributed by atoms with Crippen LogP contribution in [0.25, 0.3) is 0 Å². The summed E-state index contributed by atoms with van der Waals surface area (Å²) in [5.74, 6) is 1.18. The van der Waals surface area contributed by atoms with Crippen LogP contribution in [0.15, 0.2) is 16.7 Å². The van der Waals surface area contributed by atoms with E-state index in [1.807, 2.05) is 0 Å². The Kier molecular flexibility index (Phi) is 4.11. The zero-order chi connectivity index (χ0) is 13.2. The molecule has 7 heteroatoms. The van der Waals surface area contributed by atoms with Gasteiger partial charge in [0.15, 0.2) is 0 Å². The summed E-state index contributed by atoms with van der Waals surface area (Å²) in [5.41, 5.74) is 0.433. The van der Waals surface area contributed by atoms with Gasteiger partial charge in [-0.3, -0.25) is 4.72 Å². The normalized spacial score (nSPS) is 15.4. The summed E-state index contributed by atoms with van der Waals surface area (Å²) in [5, 5.41) is 0. The summed E-state index contributed by atoms with van der Waals surface area (Å²) < 4.78 is 31.4. The predicted octanol–water partition coefficient (Wildman–Crippen LogP) is 2.39. The van der Waals surface area contributed by atoms with Gasteiger partial charge in [-0.15, -0.1) is 0 Å². The second-order valence-corrected chi connectivity index (χ2v) is 7.14. The Hall–Kier alpha value is -0.820. The van der Waals surface area contributed by atoms with Crippen LogP contribution in [-0.2, 0) is 10.0 Å². The fourth-order valence-electron chi connectivity index (χ4n) is 1.32. The summed E-state index contributed by atoms with van der Waals surface area (Å²) in [6.45, 7) is 2.25. The van der Waals surface area contributed by atoms with Crippen LogP contribution in [0.4, 0.5) is 5.69 Å². The average molecular weight is 335 g/mol. The number of halogens is 1. The van der Waals surface area contributed by atoms with E-state index in [1.54, 1.807) is 13.0 Å². The first-order valence-corrected chi connectivity index (χ1v) is 8.23. The Morgan fingerprint density at radius 1 is 1.56 bits per heavy atom. The van der Waals surface area contributed by atoms with E-state index in [-0.39, 0.29) is 5.75 Å². The Labute approximate surface area is 115 Å². The van der Waals surface area contributed by atoms with Gasteiger partial charge in [0.1, 0.15) is 0 Å². The molecule has 0 aromatic carbocycles. The van der Waals surface area contributed by atoms with Crippen LogP contribution in [0.5, 0.6) is 5.88 Å². The van der Waals surface area contributed by atoms with E-state index in [0.717, 1.165) is 0 Å². The highest BCUT2D eigenvalue weighted by Crippen LogP contribution is 2.31. The van der Waals surface area contributed by atoms with E-state index in [2.05, 4.69) is 25.6 Å². The van der Waals surface area contributed by atoms with E-state index in [1.165, 1.54) is 19.0 Å². The van der Waals surface area contributed by atoms with Crippen LogP contribution in [0, 0.1) is 5.92 Å². The molecule has 5 nitrogen and oxygen atoms in total. The lowest BCUT2D eigenvalue weighted by atomic mass is 10.4. The van der Waals surface area contributed by atoms with Gasteiger partial charge in [-0.05, 0) is 47.7 Å². The maximum Gasteiger partial charge on any atom is 0.232 e. The van der Waals surface area contributed by atoms with Crippen LogP contribution in [0.1, 0.15) is 19.8 Å². The number of pyridine rings is 1. The Morgan fingerprint density at radius 2 is 2.28 bits per heavy atom. The van der Waals surface area contributed by atoms with E-state index in [4.69, 9.17) is 4.74 Å². The van der Waals surface area contributed by atoms with Gasteiger partial charge < -0.3 is 4.74 Å². The molecular weight excluding hydrogens is 320 g/mol. The van der Waals surface area contributed by atoms with Crippen LogP contribution in [-0.4, -0.2) is 25.8 Å². The maximum atomic E-state index is 11.4. The van der Waals surface area contributed by atoms with Gasteiger partial charge in [0, 0.05) is 0 Å². The van der Waals surface area contributed by atoms with Gasteiger partial charge in [-0.25, -0.2) is 13.4 Å². The van der Waals surface area contributed by atoms with Crippen molar-refractivity contribution in [1.29, 1.82) is 0 Å². The van der Waals surface area contributed by atoms with E-state index in [9.17, 15) is 8.42 Å². The van der Waals surface area contributed by atoms with Crippen LogP contribution in [0.2, 0.25) is 0 Å². The summed E-state index contributed by atoms with van der Waals surface area (Å²) >= 11 is 3.32. The highest BCUT2D eigenvalue weighted by Gasteiger charge is 2.22. The molecule has 1 saturated carbocycles. The molecule has 0 unspecified atom stereocenters. The third kappa shape index (κ3) is 3.84. The minimum absolute atomic E-state index is 0.0323. The van der Waals surface area contributed by atoms with Crippen LogP contribution >= 0.6 is 15.9 Å². The van der Waals surface area contributed by atoms with Crippen molar-refractivity contribution in [2.24, 2.45) is 5.92 Å². The van der Waals surface area contributed by atoms with Gasteiger partial charge in [-0.2, -0.15) is 0 Å². The predicted molar refractivity (Wildman–Crippen MR) is 73.2 cm³/mol. The minimum atomic E-state index is -3.27.